The highest BCUT2D eigenvalue weighted by molar-refractivity contribution is 6.05. The van der Waals surface area contributed by atoms with Crippen molar-refractivity contribution in [3.63, 3.8) is 0 Å². The van der Waals surface area contributed by atoms with Crippen LogP contribution >= 0.6 is 0 Å². The predicted octanol–water partition coefficient (Wildman–Crippen LogP) is 2.43. The van der Waals surface area contributed by atoms with Gasteiger partial charge in [0.05, 0.1) is 12.2 Å². The van der Waals surface area contributed by atoms with E-state index in [4.69, 9.17) is 9.47 Å². The van der Waals surface area contributed by atoms with Crippen LogP contribution in [0, 0.1) is 0 Å². The standard InChI is InChI=1S/C17H22N2O4/c1-11-5-3-4-6-19(11)9-17(21)18-14-8-16-15(22-10-23-16)7-13(14)12(2)20/h7-8,11H,3-6,9-10H2,1-2H3,(H,18,21)/t11-/m0/s1. The van der Waals surface area contributed by atoms with Crippen LogP contribution in [0.2, 0.25) is 0 Å². The van der Waals surface area contributed by atoms with Crippen molar-refractivity contribution in [2.24, 2.45) is 0 Å². The Kier molecular flexibility index (Phi) is 4.52. The third kappa shape index (κ3) is 3.47. The van der Waals surface area contributed by atoms with Crippen LogP contribution < -0.4 is 14.8 Å². The van der Waals surface area contributed by atoms with E-state index in [2.05, 4.69) is 17.1 Å². The van der Waals surface area contributed by atoms with Crippen LogP contribution in [0.15, 0.2) is 12.1 Å². The van der Waals surface area contributed by atoms with Crippen LogP contribution in [-0.4, -0.2) is 42.5 Å². The van der Waals surface area contributed by atoms with E-state index in [-0.39, 0.29) is 18.5 Å². The first kappa shape index (κ1) is 15.8. The second-order valence-electron chi connectivity index (χ2n) is 6.17. The van der Waals surface area contributed by atoms with E-state index in [1.165, 1.54) is 13.3 Å². The van der Waals surface area contributed by atoms with Crippen molar-refractivity contribution in [1.82, 2.24) is 4.90 Å². The maximum Gasteiger partial charge on any atom is 0.238 e. The summed E-state index contributed by atoms with van der Waals surface area (Å²) in [5.41, 5.74) is 0.922. The molecule has 2 aliphatic rings. The average molecular weight is 318 g/mol. The largest absolute Gasteiger partial charge is 0.454 e. The fourth-order valence-electron chi connectivity index (χ4n) is 3.10. The van der Waals surface area contributed by atoms with Crippen LogP contribution in [0.4, 0.5) is 5.69 Å². The second-order valence-corrected chi connectivity index (χ2v) is 6.17. The minimum absolute atomic E-state index is 0.111. The van der Waals surface area contributed by atoms with Gasteiger partial charge in [-0.1, -0.05) is 6.42 Å². The van der Waals surface area contributed by atoms with Gasteiger partial charge in [0.1, 0.15) is 0 Å². The minimum Gasteiger partial charge on any atom is -0.454 e. The molecular weight excluding hydrogens is 296 g/mol. The van der Waals surface area contributed by atoms with Gasteiger partial charge in [-0.05, 0) is 39.3 Å². The smallest absolute Gasteiger partial charge is 0.238 e. The number of likely N-dealkylation sites (tertiary alicyclic amines) is 1. The van der Waals surface area contributed by atoms with Gasteiger partial charge in [-0.15, -0.1) is 0 Å². The number of anilines is 1. The van der Waals surface area contributed by atoms with Crippen molar-refractivity contribution in [3.8, 4) is 11.5 Å². The van der Waals surface area contributed by atoms with Gasteiger partial charge >= 0.3 is 0 Å². The highest BCUT2D eigenvalue weighted by Crippen LogP contribution is 2.37. The van der Waals surface area contributed by atoms with Gasteiger partial charge in [0.2, 0.25) is 12.7 Å². The lowest BCUT2D eigenvalue weighted by Gasteiger charge is -2.32. The van der Waals surface area contributed by atoms with Crippen molar-refractivity contribution >= 4 is 17.4 Å². The minimum atomic E-state index is -0.120. The van der Waals surface area contributed by atoms with Crippen molar-refractivity contribution in [2.75, 3.05) is 25.2 Å². The van der Waals surface area contributed by atoms with Crippen molar-refractivity contribution in [3.05, 3.63) is 17.7 Å². The molecule has 1 amide bonds. The zero-order valence-corrected chi connectivity index (χ0v) is 13.6. The molecule has 6 heteroatoms. The summed E-state index contributed by atoms with van der Waals surface area (Å²) in [7, 11) is 0. The van der Waals surface area contributed by atoms with E-state index >= 15 is 0 Å². The Balaban J connectivity index is 1.74. The van der Waals surface area contributed by atoms with Crippen molar-refractivity contribution < 1.29 is 19.1 Å². The number of Topliss-reactive ketones (excluding diaryl/α,β-unsaturated/α-hetero) is 1. The molecule has 6 nitrogen and oxygen atoms in total. The fraction of sp³-hybridized carbons (Fsp3) is 0.529. The molecule has 1 atom stereocenters. The maximum atomic E-state index is 12.4. The monoisotopic (exact) mass is 318 g/mol. The molecule has 0 spiro atoms. The number of carbonyl (C=O) groups is 2. The molecular formula is C17H22N2O4. The molecule has 23 heavy (non-hydrogen) atoms. The molecule has 2 aliphatic heterocycles. The molecule has 1 saturated heterocycles. The van der Waals surface area contributed by atoms with Crippen LogP contribution in [0.25, 0.3) is 0 Å². The van der Waals surface area contributed by atoms with E-state index < -0.39 is 0 Å². The number of carbonyl (C=O) groups excluding carboxylic acids is 2. The van der Waals surface area contributed by atoms with Crippen LogP contribution in [0.5, 0.6) is 11.5 Å². The summed E-state index contributed by atoms with van der Waals surface area (Å²) in [6, 6.07) is 3.71. The normalized spacial score (nSPS) is 20.3. The summed E-state index contributed by atoms with van der Waals surface area (Å²) in [5.74, 6) is 0.861. The number of hydrogen-bond acceptors (Lipinski definition) is 5. The van der Waals surface area contributed by atoms with Gasteiger partial charge in [0.25, 0.3) is 0 Å². The number of rotatable bonds is 4. The van der Waals surface area contributed by atoms with Crippen LogP contribution in [-0.2, 0) is 4.79 Å². The summed E-state index contributed by atoms with van der Waals surface area (Å²) < 4.78 is 10.6. The van der Waals surface area contributed by atoms with E-state index in [0.717, 1.165) is 19.4 Å². The topological polar surface area (TPSA) is 67.9 Å². The Bertz CT molecular complexity index is 629. The molecule has 0 saturated carbocycles. The molecule has 1 aromatic rings. The number of ether oxygens (including phenoxy) is 2. The number of benzene rings is 1. The third-order valence-electron chi connectivity index (χ3n) is 4.45. The number of nitrogens with one attached hydrogen (secondary N) is 1. The number of amides is 1. The number of fused-ring (bicyclic) bond motifs is 1. The highest BCUT2D eigenvalue weighted by atomic mass is 16.7. The zero-order valence-electron chi connectivity index (χ0n) is 13.6. The SMILES string of the molecule is CC(=O)c1cc2c(cc1NC(=O)CN1CCCC[C@@H]1C)OCO2. The van der Waals surface area contributed by atoms with Gasteiger partial charge in [0.15, 0.2) is 17.3 Å². The first-order chi connectivity index (χ1) is 11.0. The predicted molar refractivity (Wildman–Crippen MR) is 86.1 cm³/mol. The van der Waals surface area contributed by atoms with Crippen molar-refractivity contribution in [1.29, 1.82) is 0 Å². The van der Waals surface area contributed by atoms with Gasteiger partial charge in [-0.2, -0.15) is 0 Å². The van der Waals surface area contributed by atoms with Crippen molar-refractivity contribution in [2.45, 2.75) is 39.2 Å². The molecule has 1 N–H and O–H groups in total. The lowest BCUT2D eigenvalue weighted by molar-refractivity contribution is -0.118. The fourth-order valence-corrected chi connectivity index (χ4v) is 3.10. The quantitative estimate of drug-likeness (QED) is 0.864. The number of hydrogen-bond donors (Lipinski definition) is 1. The average Bonchev–Trinajstić information content (AvgIpc) is 2.96. The highest BCUT2D eigenvalue weighted by Gasteiger charge is 2.23. The van der Waals surface area contributed by atoms with E-state index in [1.54, 1.807) is 12.1 Å². The Hall–Kier alpha value is -2.08. The first-order valence-electron chi connectivity index (χ1n) is 8.03. The summed E-state index contributed by atoms with van der Waals surface area (Å²) in [5, 5.41) is 2.85. The van der Waals surface area contributed by atoms with Crippen LogP contribution in [0.3, 0.4) is 0 Å². The molecule has 0 aromatic heterocycles. The molecule has 0 radical (unpaired) electrons. The number of piperidine rings is 1. The molecule has 124 valence electrons. The van der Waals surface area contributed by atoms with Gasteiger partial charge in [0, 0.05) is 17.7 Å². The number of nitrogens with zero attached hydrogens (tertiary/aromatic N) is 1. The molecule has 3 rings (SSSR count). The zero-order chi connectivity index (χ0) is 16.4. The van der Waals surface area contributed by atoms with E-state index in [1.807, 2.05) is 0 Å². The Morgan fingerprint density at radius 1 is 1.26 bits per heavy atom. The Morgan fingerprint density at radius 2 is 2.00 bits per heavy atom. The lowest BCUT2D eigenvalue weighted by atomic mass is 10.0. The second kappa shape index (κ2) is 6.58. The Morgan fingerprint density at radius 3 is 2.70 bits per heavy atom. The summed E-state index contributed by atoms with van der Waals surface area (Å²) >= 11 is 0. The molecule has 1 aromatic carbocycles. The molecule has 2 heterocycles. The summed E-state index contributed by atoms with van der Waals surface area (Å²) in [4.78, 5) is 26.4. The first-order valence-corrected chi connectivity index (χ1v) is 8.03. The van der Waals surface area contributed by atoms with Crippen LogP contribution in [0.1, 0.15) is 43.5 Å². The van der Waals surface area contributed by atoms with E-state index in [0.29, 0.717) is 35.3 Å². The molecule has 0 bridgehead atoms. The summed E-state index contributed by atoms with van der Waals surface area (Å²) in [6.07, 6.45) is 3.46. The van der Waals surface area contributed by atoms with E-state index in [9.17, 15) is 9.59 Å². The number of ketones is 1. The van der Waals surface area contributed by atoms with Gasteiger partial charge in [-0.3, -0.25) is 14.5 Å². The molecule has 0 unspecified atom stereocenters. The third-order valence-corrected chi connectivity index (χ3v) is 4.45. The maximum absolute atomic E-state index is 12.4. The molecule has 1 fully saturated rings. The van der Waals surface area contributed by atoms with Gasteiger partial charge in [-0.25, -0.2) is 0 Å². The molecule has 0 aliphatic carbocycles. The Labute approximate surface area is 135 Å². The lowest BCUT2D eigenvalue weighted by Crippen LogP contribution is -2.42. The van der Waals surface area contributed by atoms with Gasteiger partial charge < -0.3 is 14.8 Å². The summed E-state index contributed by atoms with van der Waals surface area (Å²) in [6.45, 7) is 5.03.